The van der Waals surface area contributed by atoms with E-state index in [0.717, 1.165) is 42.7 Å². The summed E-state index contributed by atoms with van der Waals surface area (Å²) in [7, 11) is 1.77. The molecule has 36 heavy (non-hydrogen) atoms. The molecule has 0 radical (unpaired) electrons. The Bertz CT molecular complexity index is 1670. The van der Waals surface area contributed by atoms with E-state index in [1.807, 2.05) is 0 Å². The van der Waals surface area contributed by atoms with Crippen LogP contribution in [-0.4, -0.2) is 21.4 Å². The number of ether oxygens (including phenoxy) is 1. The highest BCUT2D eigenvalue weighted by atomic mass is 79.9. The maximum absolute atomic E-state index is 10.6. The second-order valence-electron chi connectivity index (χ2n) is 10.4. The van der Waals surface area contributed by atoms with Crippen LogP contribution >= 0.6 is 54.5 Å². The SMILES string of the molecule is COc1cc2c(cc(CO)c3c4sc(Br)cc4n(CC(C)C)c23)c2c1c1sc(Br)cc1n2CC(C)C. The van der Waals surface area contributed by atoms with Crippen LogP contribution in [0.1, 0.15) is 33.3 Å². The third-order valence-electron chi connectivity index (χ3n) is 6.86. The van der Waals surface area contributed by atoms with E-state index in [1.165, 1.54) is 42.2 Å². The summed E-state index contributed by atoms with van der Waals surface area (Å²) in [6.45, 7) is 10.9. The van der Waals surface area contributed by atoms with Crippen LogP contribution in [0.15, 0.2) is 31.8 Å². The van der Waals surface area contributed by atoms with Crippen molar-refractivity contribution in [3.8, 4) is 5.75 Å². The Labute approximate surface area is 234 Å². The quantitative estimate of drug-likeness (QED) is 0.196. The summed E-state index contributed by atoms with van der Waals surface area (Å²) in [5.74, 6) is 1.87. The van der Waals surface area contributed by atoms with E-state index >= 15 is 0 Å². The van der Waals surface area contributed by atoms with Crippen LogP contribution < -0.4 is 4.74 Å². The lowest BCUT2D eigenvalue weighted by atomic mass is 9.99. The Hall–Kier alpha value is -1.58. The van der Waals surface area contributed by atoms with Gasteiger partial charge in [-0.3, -0.25) is 0 Å². The molecule has 4 aromatic heterocycles. The first-order chi connectivity index (χ1) is 17.2. The molecule has 0 fully saturated rings. The van der Waals surface area contributed by atoms with Crippen molar-refractivity contribution in [3.05, 3.63) is 37.4 Å². The van der Waals surface area contributed by atoms with Gasteiger partial charge in [0.25, 0.3) is 0 Å². The van der Waals surface area contributed by atoms with Crippen LogP contribution in [0.2, 0.25) is 0 Å². The van der Waals surface area contributed by atoms with Crippen LogP contribution in [0.4, 0.5) is 0 Å². The van der Waals surface area contributed by atoms with Crippen molar-refractivity contribution in [2.24, 2.45) is 11.8 Å². The predicted octanol–water partition coefficient (Wildman–Crippen LogP) is 9.52. The summed E-state index contributed by atoms with van der Waals surface area (Å²) < 4.78 is 15.7. The van der Waals surface area contributed by atoms with Crippen molar-refractivity contribution >= 4 is 108 Å². The van der Waals surface area contributed by atoms with Gasteiger partial charge in [0.15, 0.2) is 0 Å². The van der Waals surface area contributed by atoms with E-state index in [9.17, 15) is 5.11 Å². The van der Waals surface area contributed by atoms with Crippen molar-refractivity contribution in [1.29, 1.82) is 0 Å². The molecule has 0 aliphatic heterocycles. The molecule has 0 atom stereocenters. The molecule has 0 amide bonds. The van der Waals surface area contributed by atoms with Crippen molar-refractivity contribution in [3.63, 3.8) is 0 Å². The first-order valence-corrected chi connectivity index (χ1v) is 15.4. The van der Waals surface area contributed by atoms with E-state index in [0.29, 0.717) is 11.8 Å². The molecular weight excluding hydrogens is 620 g/mol. The van der Waals surface area contributed by atoms with Crippen LogP contribution in [0.5, 0.6) is 5.75 Å². The number of aliphatic hydroxyl groups is 1. The molecule has 4 nitrogen and oxygen atoms in total. The standard InChI is InChI=1S/C28H28Br2N2O2S2/c1-13(2)10-31-18-8-21(29)35-27(18)23-15(12-33)6-16-17(25(23)31)7-20(34-5)24-26(16)32(11-14(3)4)19-9-22(30)36-28(19)24/h6-9,13-14,33H,10-12H2,1-5H3. The summed E-state index contributed by atoms with van der Waals surface area (Å²) in [5, 5.41) is 15.3. The van der Waals surface area contributed by atoms with Crippen LogP contribution in [0, 0.1) is 11.8 Å². The third-order valence-corrected chi connectivity index (χ3v) is 10.2. The fourth-order valence-electron chi connectivity index (χ4n) is 5.67. The Balaban J connectivity index is 1.90. The number of aromatic nitrogens is 2. The normalized spacial score (nSPS) is 12.7. The number of halogens is 2. The Morgan fingerprint density at radius 3 is 1.81 bits per heavy atom. The Morgan fingerprint density at radius 2 is 1.31 bits per heavy atom. The van der Waals surface area contributed by atoms with Crippen molar-refractivity contribution in [2.45, 2.75) is 47.4 Å². The van der Waals surface area contributed by atoms with E-state index in [4.69, 9.17) is 4.74 Å². The van der Waals surface area contributed by atoms with E-state index in [-0.39, 0.29) is 6.61 Å². The largest absolute Gasteiger partial charge is 0.496 e. The molecule has 0 saturated heterocycles. The van der Waals surface area contributed by atoms with Gasteiger partial charge >= 0.3 is 0 Å². The molecule has 2 aromatic carbocycles. The summed E-state index contributed by atoms with van der Waals surface area (Å²) >= 11 is 10.9. The van der Waals surface area contributed by atoms with Crippen molar-refractivity contribution in [2.75, 3.05) is 7.11 Å². The number of hydrogen-bond acceptors (Lipinski definition) is 4. The zero-order valence-electron chi connectivity index (χ0n) is 20.9. The average molecular weight is 648 g/mol. The number of rotatable bonds is 6. The molecular formula is C28H28Br2N2O2S2. The lowest BCUT2D eigenvalue weighted by molar-refractivity contribution is 0.283. The Morgan fingerprint density at radius 1 is 0.806 bits per heavy atom. The average Bonchev–Trinajstić information content (AvgIpc) is 3.53. The van der Waals surface area contributed by atoms with Crippen LogP contribution in [0.25, 0.3) is 53.0 Å². The lowest BCUT2D eigenvalue weighted by Gasteiger charge is -2.17. The first kappa shape index (κ1) is 24.7. The first-order valence-electron chi connectivity index (χ1n) is 12.2. The molecule has 0 aliphatic carbocycles. The van der Waals surface area contributed by atoms with Crippen LogP contribution in [-0.2, 0) is 19.7 Å². The fourth-order valence-corrected chi connectivity index (χ4v) is 8.98. The summed E-state index contributed by atoms with van der Waals surface area (Å²) in [5.41, 5.74) is 5.83. The zero-order chi connectivity index (χ0) is 25.5. The monoisotopic (exact) mass is 646 g/mol. The molecule has 6 aromatic rings. The number of hydrogen-bond donors (Lipinski definition) is 1. The minimum Gasteiger partial charge on any atom is -0.496 e. The highest BCUT2D eigenvalue weighted by Gasteiger charge is 2.25. The van der Waals surface area contributed by atoms with Gasteiger partial charge in [-0.15, -0.1) is 22.7 Å². The number of fused-ring (bicyclic) bond motifs is 9. The highest BCUT2D eigenvalue weighted by molar-refractivity contribution is 9.11. The fraction of sp³-hybridized carbons (Fsp3) is 0.357. The minimum atomic E-state index is 0.00107. The minimum absolute atomic E-state index is 0.00107. The third kappa shape index (κ3) is 3.59. The second-order valence-corrected chi connectivity index (χ2v) is 15.2. The highest BCUT2D eigenvalue weighted by Crippen LogP contribution is 2.49. The van der Waals surface area contributed by atoms with Gasteiger partial charge in [0, 0.05) is 29.2 Å². The van der Waals surface area contributed by atoms with Gasteiger partial charge in [0.05, 0.1) is 58.1 Å². The zero-order valence-corrected chi connectivity index (χ0v) is 25.7. The van der Waals surface area contributed by atoms with Crippen molar-refractivity contribution < 1.29 is 9.84 Å². The van der Waals surface area contributed by atoms with Gasteiger partial charge in [0.1, 0.15) is 5.75 Å². The number of nitrogens with zero attached hydrogens (tertiary/aromatic N) is 2. The van der Waals surface area contributed by atoms with E-state index in [2.05, 4.69) is 93.0 Å². The second kappa shape index (κ2) is 9.02. The van der Waals surface area contributed by atoms with Crippen molar-refractivity contribution in [1.82, 2.24) is 9.13 Å². The molecule has 0 aliphatic rings. The molecule has 0 bridgehead atoms. The van der Waals surface area contributed by atoms with Gasteiger partial charge in [-0.05, 0) is 73.5 Å². The van der Waals surface area contributed by atoms with Gasteiger partial charge in [-0.2, -0.15) is 0 Å². The lowest BCUT2D eigenvalue weighted by Crippen LogP contribution is -2.06. The molecule has 0 spiro atoms. The van der Waals surface area contributed by atoms with Gasteiger partial charge < -0.3 is 19.0 Å². The van der Waals surface area contributed by atoms with Gasteiger partial charge in [0.2, 0.25) is 0 Å². The molecule has 0 saturated carbocycles. The maximum Gasteiger partial charge on any atom is 0.130 e. The smallest absolute Gasteiger partial charge is 0.130 e. The van der Waals surface area contributed by atoms with E-state index in [1.54, 1.807) is 29.8 Å². The summed E-state index contributed by atoms with van der Waals surface area (Å²) in [4.78, 5) is 0. The van der Waals surface area contributed by atoms with Gasteiger partial charge in [-0.25, -0.2) is 0 Å². The summed E-state index contributed by atoms with van der Waals surface area (Å²) in [6.07, 6.45) is 0. The topological polar surface area (TPSA) is 39.3 Å². The number of aliphatic hydroxyl groups excluding tert-OH is 1. The number of methoxy groups -OCH3 is 1. The number of benzene rings is 2. The number of thiophene rings is 2. The molecule has 6 rings (SSSR count). The molecule has 1 N–H and O–H groups in total. The van der Waals surface area contributed by atoms with Gasteiger partial charge in [-0.1, -0.05) is 27.7 Å². The molecule has 188 valence electrons. The maximum atomic E-state index is 10.6. The molecule has 4 heterocycles. The molecule has 0 unspecified atom stereocenters. The Kier molecular flexibility index (Phi) is 6.20. The molecule has 8 heteroatoms. The van der Waals surface area contributed by atoms with E-state index < -0.39 is 0 Å². The van der Waals surface area contributed by atoms with Crippen LogP contribution in [0.3, 0.4) is 0 Å². The summed E-state index contributed by atoms with van der Waals surface area (Å²) in [6, 6.07) is 8.90. The predicted molar refractivity (Wildman–Crippen MR) is 163 cm³/mol.